The number of ketones is 1. The van der Waals surface area contributed by atoms with Crippen LogP contribution in [0.25, 0.3) is 0 Å². The molecule has 13 heavy (non-hydrogen) atoms. The quantitative estimate of drug-likeness (QED) is 0.665. The fourth-order valence-corrected chi connectivity index (χ4v) is 1.20. The molecular weight excluding hydrogens is 164 g/mol. The van der Waals surface area contributed by atoms with Crippen LogP contribution in [0.5, 0.6) is 5.75 Å². The minimum absolute atomic E-state index is 0.0449. The van der Waals surface area contributed by atoms with Crippen LogP contribution in [0.15, 0.2) is 18.2 Å². The molecule has 0 heterocycles. The van der Waals surface area contributed by atoms with E-state index in [4.69, 9.17) is 4.74 Å². The Balaban J connectivity index is 3.10. The zero-order chi connectivity index (χ0) is 9.84. The van der Waals surface area contributed by atoms with E-state index >= 15 is 0 Å². The van der Waals surface area contributed by atoms with Gasteiger partial charge < -0.3 is 4.74 Å². The highest BCUT2D eigenvalue weighted by atomic mass is 16.5. The summed E-state index contributed by atoms with van der Waals surface area (Å²) < 4.78 is 5.36. The molecule has 0 aliphatic carbocycles. The third kappa shape index (κ3) is 2.31. The number of ether oxygens (including phenoxy) is 1. The lowest BCUT2D eigenvalue weighted by Gasteiger charge is -2.08. The number of hydrogen-bond acceptors (Lipinski definition) is 2. The Morgan fingerprint density at radius 2 is 2.15 bits per heavy atom. The first-order valence-electron chi connectivity index (χ1n) is 4.39. The standard InChI is InChI=1S/C11H14O2/c1-4-13-11-7-8(2)5-6-10(11)9(3)12/h5-7H,4H2,1-3H3. The molecule has 2 heteroatoms. The van der Waals surface area contributed by atoms with Gasteiger partial charge in [-0.2, -0.15) is 0 Å². The maximum absolute atomic E-state index is 11.2. The van der Waals surface area contributed by atoms with Crippen LogP contribution in [0.2, 0.25) is 0 Å². The van der Waals surface area contributed by atoms with Gasteiger partial charge in [0.1, 0.15) is 5.75 Å². The van der Waals surface area contributed by atoms with E-state index in [1.165, 1.54) is 0 Å². The van der Waals surface area contributed by atoms with Gasteiger partial charge in [0.05, 0.1) is 12.2 Å². The van der Waals surface area contributed by atoms with E-state index in [-0.39, 0.29) is 5.78 Å². The zero-order valence-electron chi connectivity index (χ0n) is 8.26. The number of hydrogen-bond donors (Lipinski definition) is 0. The zero-order valence-corrected chi connectivity index (χ0v) is 8.26. The molecule has 0 aliphatic heterocycles. The molecule has 0 amide bonds. The molecule has 0 saturated carbocycles. The van der Waals surface area contributed by atoms with Crippen molar-refractivity contribution in [2.75, 3.05) is 6.61 Å². The molecular formula is C11H14O2. The van der Waals surface area contributed by atoms with Crippen LogP contribution in [0.4, 0.5) is 0 Å². The molecule has 1 aromatic rings. The lowest BCUT2D eigenvalue weighted by Crippen LogP contribution is -2.00. The Bertz CT molecular complexity index is 316. The molecule has 0 unspecified atom stereocenters. The van der Waals surface area contributed by atoms with Gasteiger partial charge >= 0.3 is 0 Å². The Morgan fingerprint density at radius 1 is 1.46 bits per heavy atom. The third-order valence-electron chi connectivity index (χ3n) is 1.82. The van der Waals surface area contributed by atoms with E-state index in [1.54, 1.807) is 6.92 Å². The first-order chi connectivity index (χ1) is 6.15. The van der Waals surface area contributed by atoms with Gasteiger partial charge in [-0.15, -0.1) is 0 Å². The number of benzene rings is 1. The molecule has 1 aromatic carbocycles. The molecule has 0 bridgehead atoms. The van der Waals surface area contributed by atoms with Crippen LogP contribution in [-0.2, 0) is 0 Å². The summed E-state index contributed by atoms with van der Waals surface area (Å²) in [5.74, 6) is 0.735. The van der Waals surface area contributed by atoms with E-state index in [1.807, 2.05) is 32.0 Å². The minimum Gasteiger partial charge on any atom is -0.493 e. The molecule has 0 aromatic heterocycles. The van der Waals surface area contributed by atoms with Crippen LogP contribution in [0.1, 0.15) is 29.8 Å². The van der Waals surface area contributed by atoms with E-state index in [9.17, 15) is 4.79 Å². The van der Waals surface area contributed by atoms with Gasteiger partial charge in [-0.05, 0) is 38.5 Å². The first-order valence-corrected chi connectivity index (χ1v) is 4.39. The second kappa shape index (κ2) is 4.08. The van der Waals surface area contributed by atoms with E-state index in [0.29, 0.717) is 17.9 Å². The maximum Gasteiger partial charge on any atom is 0.163 e. The monoisotopic (exact) mass is 178 g/mol. The number of rotatable bonds is 3. The second-order valence-corrected chi connectivity index (χ2v) is 2.99. The topological polar surface area (TPSA) is 26.3 Å². The van der Waals surface area contributed by atoms with Crippen LogP contribution in [-0.4, -0.2) is 12.4 Å². The first kappa shape index (κ1) is 9.78. The highest BCUT2D eigenvalue weighted by Gasteiger charge is 2.07. The summed E-state index contributed by atoms with van der Waals surface area (Å²) in [6.07, 6.45) is 0. The summed E-state index contributed by atoms with van der Waals surface area (Å²) >= 11 is 0. The van der Waals surface area contributed by atoms with Crippen LogP contribution < -0.4 is 4.74 Å². The van der Waals surface area contributed by atoms with Crippen molar-refractivity contribution in [3.63, 3.8) is 0 Å². The van der Waals surface area contributed by atoms with Crippen LogP contribution in [0.3, 0.4) is 0 Å². The van der Waals surface area contributed by atoms with E-state index < -0.39 is 0 Å². The minimum atomic E-state index is 0.0449. The van der Waals surface area contributed by atoms with Gasteiger partial charge in [0.2, 0.25) is 0 Å². The number of carbonyl (C=O) groups is 1. The van der Waals surface area contributed by atoms with E-state index in [0.717, 1.165) is 5.56 Å². The lowest BCUT2D eigenvalue weighted by atomic mass is 10.1. The molecule has 0 N–H and O–H groups in total. The van der Waals surface area contributed by atoms with Crippen molar-refractivity contribution in [1.82, 2.24) is 0 Å². The summed E-state index contributed by atoms with van der Waals surface area (Å²) in [5, 5.41) is 0. The van der Waals surface area contributed by atoms with Crippen molar-refractivity contribution in [3.05, 3.63) is 29.3 Å². The summed E-state index contributed by atoms with van der Waals surface area (Å²) in [6, 6.07) is 5.61. The maximum atomic E-state index is 11.2. The molecule has 0 spiro atoms. The van der Waals surface area contributed by atoms with Crippen molar-refractivity contribution in [2.45, 2.75) is 20.8 Å². The van der Waals surface area contributed by atoms with Crippen molar-refractivity contribution in [3.8, 4) is 5.75 Å². The van der Waals surface area contributed by atoms with Crippen LogP contribution >= 0.6 is 0 Å². The Hall–Kier alpha value is -1.31. The lowest BCUT2D eigenvalue weighted by molar-refractivity contribution is 0.101. The fourth-order valence-electron chi connectivity index (χ4n) is 1.20. The summed E-state index contributed by atoms with van der Waals surface area (Å²) in [6.45, 7) is 6.02. The summed E-state index contributed by atoms with van der Waals surface area (Å²) in [5.41, 5.74) is 1.76. The predicted octanol–water partition coefficient (Wildman–Crippen LogP) is 2.60. The van der Waals surface area contributed by atoms with Crippen molar-refractivity contribution in [1.29, 1.82) is 0 Å². The molecule has 0 atom stereocenters. The van der Waals surface area contributed by atoms with Gasteiger partial charge in [0.15, 0.2) is 5.78 Å². The number of aryl methyl sites for hydroxylation is 1. The van der Waals surface area contributed by atoms with Gasteiger partial charge in [0, 0.05) is 0 Å². The average Bonchev–Trinajstić information content (AvgIpc) is 2.04. The average molecular weight is 178 g/mol. The largest absolute Gasteiger partial charge is 0.493 e. The van der Waals surface area contributed by atoms with Gasteiger partial charge in [-0.3, -0.25) is 4.79 Å². The SMILES string of the molecule is CCOc1cc(C)ccc1C(C)=O. The molecule has 70 valence electrons. The van der Waals surface area contributed by atoms with Crippen molar-refractivity contribution in [2.24, 2.45) is 0 Å². The summed E-state index contributed by atoms with van der Waals surface area (Å²) in [4.78, 5) is 11.2. The Labute approximate surface area is 78.5 Å². The van der Waals surface area contributed by atoms with Crippen molar-refractivity contribution < 1.29 is 9.53 Å². The molecule has 0 aliphatic rings. The smallest absolute Gasteiger partial charge is 0.163 e. The predicted molar refractivity (Wildman–Crippen MR) is 52.4 cm³/mol. The fraction of sp³-hybridized carbons (Fsp3) is 0.364. The highest BCUT2D eigenvalue weighted by molar-refractivity contribution is 5.96. The Kier molecular flexibility index (Phi) is 3.07. The Morgan fingerprint density at radius 3 is 2.69 bits per heavy atom. The summed E-state index contributed by atoms with van der Waals surface area (Å²) in [7, 11) is 0. The van der Waals surface area contributed by atoms with Crippen LogP contribution in [0, 0.1) is 6.92 Å². The number of carbonyl (C=O) groups excluding carboxylic acids is 1. The molecule has 2 nitrogen and oxygen atoms in total. The second-order valence-electron chi connectivity index (χ2n) is 2.99. The number of Topliss-reactive ketones (excluding diaryl/α,β-unsaturated/α-hetero) is 1. The van der Waals surface area contributed by atoms with Gasteiger partial charge in [-0.1, -0.05) is 6.07 Å². The highest BCUT2D eigenvalue weighted by Crippen LogP contribution is 2.20. The van der Waals surface area contributed by atoms with Crippen molar-refractivity contribution >= 4 is 5.78 Å². The van der Waals surface area contributed by atoms with Gasteiger partial charge in [0.25, 0.3) is 0 Å². The van der Waals surface area contributed by atoms with E-state index in [2.05, 4.69) is 0 Å². The normalized spacial score (nSPS) is 9.77. The molecule has 0 fully saturated rings. The van der Waals surface area contributed by atoms with Gasteiger partial charge in [-0.25, -0.2) is 0 Å². The molecule has 0 radical (unpaired) electrons. The molecule has 1 rings (SSSR count). The third-order valence-corrected chi connectivity index (χ3v) is 1.82. The molecule has 0 saturated heterocycles.